The molecule has 0 saturated heterocycles. The van der Waals surface area contributed by atoms with Crippen molar-refractivity contribution in [2.75, 3.05) is 10.8 Å². The summed E-state index contributed by atoms with van der Waals surface area (Å²) in [6.07, 6.45) is 4.14. The van der Waals surface area contributed by atoms with Crippen LogP contribution in [0.3, 0.4) is 0 Å². The molecule has 3 rings (SSSR count). The highest BCUT2D eigenvalue weighted by Crippen LogP contribution is 2.20. The van der Waals surface area contributed by atoms with Gasteiger partial charge in [-0.1, -0.05) is 5.16 Å². The van der Waals surface area contributed by atoms with Crippen LogP contribution in [0.15, 0.2) is 57.0 Å². The molecule has 1 aromatic carbocycles. The van der Waals surface area contributed by atoms with E-state index in [9.17, 15) is 9.18 Å². The van der Waals surface area contributed by atoms with Crippen LogP contribution in [-0.4, -0.2) is 27.4 Å². The largest absolute Gasteiger partial charge is 0.302 e. The van der Waals surface area contributed by atoms with Crippen LogP contribution >= 0.6 is 15.9 Å². The van der Waals surface area contributed by atoms with Gasteiger partial charge in [0.1, 0.15) is 12.0 Å². The van der Waals surface area contributed by atoms with Gasteiger partial charge in [0.05, 0.1) is 15.7 Å². The highest BCUT2D eigenvalue weighted by Gasteiger charge is 2.13. The first-order valence-electron chi connectivity index (χ1n) is 7.08. The zero-order valence-corrected chi connectivity index (χ0v) is 14.5. The average molecular weight is 421 g/mol. The van der Waals surface area contributed by atoms with E-state index in [0.29, 0.717) is 11.3 Å². The van der Waals surface area contributed by atoms with Crippen molar-refractivity contribution in [1.29, 1.82) is 0 Å². The molecule has 132 valence electrons. The van der Waals surface area contributed by atoms with E-state index < -0.39 is 11.7 Å². The van der Waals surface area contributed by atoms with Crippen LogP contribution in [0.5, 0.6) is 0 Å². The van der Waals surface area contributed by atoms with Crippen LogP contribution in [0.25, 0.3) is 0 Å². The van der Waals surface area contributed by atoms with E-state index >= 15 is 0 Å². The molecule has 0 aliphatic rings. The highest BCUT2D eigenvalue weighted by atomic mass is 79.9. The first-order valence-corrected chi connectivity index (χ1v) is 7.87. The van der Waals surface area contributed by atoms with Gasteiger partial charge in [0, 0.05) is 12.4 Å². The first kappa shape index (κ1) is 17.5. The fourth-order valence-corrected chi connectivity index (χ4v) is 2.14. The van der Waals surface area contributed by atoms with Gasteiger partial charge in [-0.3, -0.25) is 14.7 Å². The van der Waals surface area contributed by atoms with E-state index in [1.165, 1.54) is 30.6 Å². The van der Waals surface area contributed by atoms with Crippen LogP contribution in [0.2, 0.25) is 0 Å². The molecule has 1 amide bonds. The van der Waals surface area contributed by atoms with E-state index in [-0.39, 0.29) is 16.0 Å². The van der Waals surface area contributed by atoms with Crippen molar-refractivity contribution in [3.8, 4) is 0 Å². The summed E-state index contributed by atoms with van der Waals surface area (Å²) in [6.45, 7) is 0. The van der Waals surface area contributed by atoms with Gasteiger partial charge in [0.2, 0.25) is 5.82 Å². The Bertz CT molecular complexity index is 934. The summed E-state index contributed by atoms with van der Waals surface area (Å²) in [5.74, 6) is -0.767. The maximum atomic E-state index is 13.1. The molecule has 0 atom stereocenters. The third-order valence-corrected chi connectivity index (χ3v) is 3.59. The lowest BCUT2D eigenvalue weighted by Crippen LogP contribution is -2.13. The summed E-state index contributed by atoms with van der Waals surface area (Å²) in [7, 11) is 0. The number of oxime groups is 1. The van der Waals surface area contributed by atoms with Crippen molar-refractivity contribution >= 4 is 39.6 Å². The lowest BCUT2D eigenvalue weighted by molar-refractivity contribution is 0.102. The quantitative estimate of drug-likeness (QED) is 0.465. The minimum absolute atomic E-state index is 0.0655. The predicted molar refractivity (Wildman–Crippen MR) is 92.9 cm³/mol. The second-order valence-corrected chi connectivity index (χ2v) is 5.60. The van der Waals surface area contributed by atoms with Crippen LogP contribution in [0.4, 0.5) is 15.9 Å². The van der Waals surface area contributed by atoms with Gasteiger partial charge >= 0.3 is 0 Å². The number of aromatic nitrogens is 3. The lowest BCUT2D eigenvalue weighted by atomic mass is 10.2. The zero-order chi connectivity index (χ0) is 18.4. The summed E-state index contributed by atoms with van der Waals surface area (Å²) in [5.41, 5.74) is 3.45. The Morgan fingerprint density at radius 1 is 1.35 bits per heavy atom. The topological polar surface area (TPSA) is 115 Å². The smallest absolute Gasteiger partial charge is 0.258 e. The first-order chi connectivity index (χ1) is 12.6. The van der Waals surface area contributed by atoms with Crippen LogP contribution < -0.4 is 10.8 Å². The van der Waals surface area contributed by atoms with Gasteiger partial charge in [0.15, 0.2) is 5.69 Å². The average Bonchev–Trinajstić information content (AvgIpc) is 3.09. The highest BCUT2D eigenvalue weighted by molar-refractivity contribution is 9.10. The maximum Gasteiger partial charge on any atom is 0.258 e. The van der Waals surface area contributed by atoms with Gasteiger partial charge in [-0.05, 0) is 56.6 Å². The van der Waals surface area contributed by atoms with Crippen molar-refractivity contribution < 1.29 is 18.8 Å². The molecular weight excluding hydrogens is 411 g/mol. The van der Waals surface area contributed by atoms with Crippen LogP contribution in [0, 0.1) is 5.82 Å². The van der Waals surface area contributed by atoms with E-state index in [4.69, 9.17) is 4.94 Å². The number of anilines is 2. The van der Waals surface area contributed by atoms with Gasteiger partial charge in [-0.15, -0.1) is 0 Å². The minimum atomic E-state index is -0.432. The molecule has 2 N–H and O–H groups in total. The van der Waals surface area contributed by atoms with Gasteiger partial charge in [-0.2, -0.15) is 5.48 Å². The molecule has 3 aromatic rings. The van der Waals surface area contributed by atoms with Gasteiger partial charge < -0.3 is 5.32 Å². The number of amides is 1. The molecule has 11 heteroatoms. The van der Waals surface area contributed by atoms with E-state index in [1.54, 1.807) is 18.3 Å². The molecule has 0 aliphatic heterocycles. The number of carbonyl (C=O) groups is 1. The zero-order valence-electron chi connectivity index (χ0n) is 12.9. The third kappa shape index (κ3) is 4.39. The minimum Gasteiger partial charge on any atom is -0.302 e. The molecule has 0 spiro atoms. The lowest BCUT2D eigenvalue weighted by Gasteiger charge is -2.03. The van der Waals surface area contributed by atoms with Crippen molar-refractivity contribution in [3.05, 3.63) is 64.3 Å². The Balaban J connectivity index is 1.59. The second-order valence-electron chi connectivity index (χ2n) is 4.75. The Hall–Kier alpha value is -3.34. The maximum absolute atomic E-state index is 13.1. The standard InChI is InChI=1S/C15H10BrFN6O3/c16-11-6-10(3-4-12(11)17)21-25-19-8-13-14(23-26-22-13)20-15(24)9-2-1-5-18-7-9/h1-8,21H,(H,20,23,24)/b19-8+. The fraction of sp³-hybridized carbons (Fsp3) is 0. The number of hydrogen-bond acceptors (Lipinski definition) is 8. The molecule has 2 heterocycles. The molecule has 0 saturated carbocycles. The van der Waals surface area contributed by atoms with Crippen molar-refractivity contribution in [3.63, 3.8) is 0 Å². The van der Waals surface area contributed by atoms with Crippen molar-refractivity contribution in [2.45, 2.75) is 0 Å². The van der Waals surface area contributed by atoms with Gasteiger partial charge in [-0.25, -0.2) is 9.02 Å². The number of benzene rings is 1. The molecule has 0 fully saturated rings. The van der Waals surface area contributed by atoms with Gasteiger partial charge in [0.25, 0.3) is 5.91 Å². The number of carbonyl (C=O) groups excluding carboxylic acids is 1. The number of nitrogens with zero attached hydrogens (tertiary/aromatic N) is 4. The Morgan fingerprint density at radius 3 is 3.00 bits per heavy atom. The molecule has 0 bridgehead atoms. The number of hydrogen-bond donors (Lipinski definition) is 2. The molecule has 26 heavy (non-hydrogen) atoms. The summed E-state index contributed by atoms with van der Waals surface area (Å²) in [4.78, 5) is 20.8. The molecule has 0 unspecified atom stereocenters. The Kier molecular flexibility index (Phi) is 5.49. The number of halogens is 2. The van der Waals surface area contributed by atoms with E-state index in [1.807, 2.05) is 0 Å². The monoisotopic (exact) mass is 420 g/mol. The number of rotatable bonds is 6. The molecule has 0 radical (unpaired) electrons. The SMILES string of the molecule is O=C(Nc1nonc1/C=N/ONc1ccc(F)c(Br)c1)c1cccnc1. The molecule has 9 nitrogen and oxygen atoms in total. The van der Waals surface area contributed by atoms with E-state index in [2.05, 4.69) is 51.8 Å². The second kappa shape index (κ2) is 8.16. The van der Waals surface area contributed by atoms with E-state index in [0.717, 1.165) is 0 Å². The predicted octanol–water partition coefficient (Wildman–Crippen LogP) is 3.00. The molecule has 0 aliphatic carbocycles. The summed E-state index contributed by atoms with van der Waals surface area (Å²) in [6, 6.07) is 7.42. The number of pyridine rings is 1. The normalized spacial score (nSPS) is 10.7. The number of nitrogens with one attached hydrogen (secondary N) is 2. The third-order valence-electron chi connectivity index (χ3n) is 2.98. The Morgan fingerprint density at radius 2 is 2.23 bits per heavy atom. The summed E-state index contributed by atoms with van der Waals surface area (Å²) in [5, 5.41) is 13.3. The molecule has 2 aromatic heterocycles. The Labute approximate surface area is 154 Å². The summed E-state index contributed by atoms with van der Waals surface area (Å²) >= 11 is 3.05. The molecular formula is C15H10BrFN6O3. The van der Waals surface area contributed by atoms with Crippen molar-refractivity contribution in [1.82, 2.24) is 15.3 Å². The van der Waals surface area contributed by atoms with Crippen LogP contribution in [-0.2, 0) is 4.94 Å². The summed E-state index contributed by atoms with van der Waals surface area (Å²) < 4.78 is 18.0. The fourth-order valence-electron chi connectivity index (χ4n) is 1.76. The van der Waals surface area contributed by atoms with Crippen LogP contribution in [0.1, 0.15) is 16.1 Å². The van der Waals surface area contributed by atoms with Crippen molar-refractivity contribution in [2.24, 2.45) is 5.16 Å².